The standard InChI is InChI=1S/C27H28FN3O/c1-18-13-25-23(27(18)21-7-8-26(32)24(28)15-21)14-22(16-29-25)20-5-3-19(4-6-20)17-31-11-9-30(2)10-12-31/h3-8,14-16,32H,9-13,17H2,1-2H3. The second kappa shape index (κ2) is 8.49. The molecule has 2 aliphatic rings. The summed E-state index contributed by atoms with van der Waals surface area (Å²) in [6.07, 6.45) is 2.69. The van der Waals surface area contributed by atoms with E-state index in [0.29, 0.717) is 0 Å². The maximum absolute atomic E-state index is 14.0. The average Bonchev–Trinajstić information content (AvgIpc) is 3.13. The minimum atomic E-state index is -0.601. The second-order valence-corrected chi connectivity index (χ2v) is 8.99. The number of likely N-dealkylation sites (N-methyl/N-ethyl adjacent to an activating group) is 1. The van der Waals surface area contributed by atoms with Gasteiger partial charge in [0.15, 0.2) is 11.6 Å². The molecule has 2 heterocycles. The molecular weight excluding hydrogens is 401 g/mol. The maximum Gasteiger partial charge on any atom is 0.165 e. The quantitative estimate of drug-likeness (QED) is 0.652. The van der Waals surface area contributed by atoms with Gasteiger partial charge in [-0.2, -0.15) is 0 Å². The Morgan fingerprint density at radius 1 is 0.938 bits per heavy atom. The molecule has 0 bridgehead atoms. The highest BCUT2D eigenvalue weighted by Crippen LogP contribution is 2.39. The van der Waals surface area contributed by atoms with Gasteiger partial charge in [0.2, 0.25) is 0 Å². The molecule has 0 amide bonds. The van der Waals surface area contributed by atoms with Gasteiger partial charge in [-0.3, -0.25) is 9.88 Å². The van der Waals surface area contributed by atoms with Crippen LogP contribution in [0.25, 0.3) is 16.7 Å². The summed E-state index contributed by atoms with van der Waals surface area (Å²) in [5, 5.41) is 9.57. The number of piperazine rings is 1. The van der Waals surface area contributed by atoms with Gasteiger partial charge in [-0.25, -0.2) is 4.39 Å². The summed E-state index contributed by atoms with van der Waals surface area (Å²) in [5.74, 6) is -0.926. The number of phenolic OH excluding ortho intramolecular Hbond substituents is 1. The van der Waals surface area contributed by atoms with Crippen LogP contribution in [0.1, 0.15) is 29.3 Å². The van der Waals surface area contributed by atoms with Crippen molar-refractivity contribution in [3.8, 4) is 16.9 Å². The van der Waals surface area contributed by atoms with E-state index < -0.39 is 5.82 Å². The van der Waals surface area contributed by atoms with Gasteiger partial charge in [-0.1, -0.05) is 35.9 Å². The fourth-order valence-corrected chi connectivity index (χ4v) is 4.71. The number of aromatic hydroxyl groups is 1. The molecule has 1 aromatic heterocycles. The van der Waals surface area contributed by atoms with Crippen molar-refractivity contribution in [3.05, 3.63) is 88.5 Å². The van der Waals surface area contributed by atoms with Crippen LogP contribution in [0.3, 0.4) is 0 Å². The number of allylic oxidation sites excluding steroid dienone is 1. The number of pyridine rings is 1. The van der Waals surface area contributed by atoms with Crippen molar-refractivity contribution in [1.29, 1.82) is 0 Å². The van der Waals surface area contributed by atoms with Crippen molar-refractivity contribution in [2.75, 3.05) is 33.2 Å². The molecule has 0 unspecified atom stereocenters. The third kappa shape index (κ3) is 4.06. The van der Waals surface area contributed by atoms with E-state index in [2.05, 4.69) is 54.1 Å². The SMILES string of the molecule is CC1=C(c2ccc(O)c(F)c2)c2cc(-c3ccc(CN4CCN(C)CC4)cc3)cnc2C1. The number of benzene rings is 2. The van der Waals surface area contributed by atoms with Gasteiger partial charge in [-0.15, -0.1) is 0 Å². The molecule has 164 valence electrons. The van der Waals surface area contributed by atoms with Gasteiger partial charge in [0, 0.05) is 56.5 Å². The van der Waals surface area contributed by atoms with Crippen LogP contribution in [0.2, 0.25) is 0 Å². The highest BCUT2D eigenvalue weighted by atomic mass is 19.1. The zero-order chi connectivity index (χ0) is 22.2. The lowest BCUT2D eigenvalue weighted by Gasteiger charge is -2.32. The fraction of sp³-hybridized carbons (Fsp3) is 0.296. The van der Waals surface area contributed by atoms with Gasteiger partial charge in [0.1, 0.15) is 0 Å². The lowest BCUT2D eigenvalue weighted by atomic mass is 9.96. The van der Waals surface area contributed by atoms with E-state index in [9.17, 15) is 9.50 Å². The van der Waals surface area contributed by atoms with Gasteiger partial charge < -0.3 is 10.0 Å². The van der Waals surface area contributed by atoms with Gasteiger partial charge in [0.25, 0.3) is 0 Å². The summed E-state index contributed by atoms with van der Waals surface area (Å²) in [5.41, 5.74) is 8.52. The number of halogens is 1. The van der Waals surface area contributed by atoms with Crippen LogP contribution >= 0.6 is 0 Å². The summed E-state index contributed by atoms with van der Waals surface area (Å²) >= 11 is 0. The third-order valence-corrected chi connectivity index (χ3v) is 6.62. The molecule has 32 heavy (non-hydrogen) atoms. The molecule has 1 N–H and O–H groups in total. The van der Waals surface area contributed by atoms with Crippen molar-refractivity contribution in [1.82, 2.24) is 14.8 Å². The highest BCUT2D eigenvalue weighted by Gasteiger charge is 2.23. The maximum atomic E-state index is 14.0. The van der Waals surface area contributed by atoms with Gasteiger partial charge in [-0.05, 0) is 54.4 Å². The monoisotopic (exact) mass is 429 g/mol. The first kappa shape index (κ1) is 20.9. The summed E-state index contributed by atoms with van der Waals surface area (Å²) in [6.45, 7) is 7.51. The number of hydrogen-bond donors (Lipinski definition) is 1. The van der Waals surface area contributed by atoms with E-state index in [1.165, 1.54) is 17.7 Å². The van der Waals surface area contributed by atoms with Crippen LogP contribution in [0.4, 0.5) is 4.39 Å². The molecule has 4 nitrogen and oxygen atoms in total. The van der Waals surface area contributed by atoms with E-state index >= 15 is 0 Å². The number of hydrogen-bond acceptors (Lipinski definition) is 4. The van der Waals surface area contributed by atoms with Crippen molar-refractivity contribution in [3.63, 3.8) is 0 Å². The van der Waals surface area contributed by atoms with E-state index in [4.69, 9.17) is 4.98 Å². The normalized spacial score (nSPS) is 17.1. The van der Waals surface area contributed by atoms with Crippen LogP contribution < -0.4 is 0 Å². The Bertz CT molecular complexity index is 1180. The summed E-state index contributed by atoms with van der Waals surface area (Å²) in [4.78, 5) is 9.60. The van der Waals surface area contributed by atoms with Gasteiger partial charge in [0.05, 0.1) is 5.69 Å². The minimum absolute atomic E-state index is 0.325. The van der Waals surface area contributed by atoms with E-state index in [1.807, 2.05) is 6.20 Å². The Morgan fingerprint density at radius 2 is 1.66 bits per heavy atom. The molecule has 2 aromatic carbocycles. The molecular formula is C27H28FN3O. The molecule has 5 rings (SSSR count). The van der Waals surface area contributed by atoms with Gasteiger partial charge >= 0.3 is 0 Å². The minimum Gasteiger partial charge on any atom is -0.505 e. The van der Waals surface area contributed by atoms with Crippen LogP contribution in [0, 0.1) is 5.82 Å². The second-order valence-electron chi connectivity index (χ2n) is 8.99. The zero-order valence-electron chi connectivity index (χ0n) is 18.6. The lowest BCUT2D eigenvalue weighted by molar-refractivity contribution is 0.148. The molecule has 0 atom stereocenters. The van der Waals surface area contributed by atoms with Crippen molar-refractivity contribution in [2.45, 2.75) is 19.9 Å². The highest BCUT2D eigenvalue weighted by molar-refractivity contribution is 5.88. The smallest absolute Gasteiger partial charge is 0.165 e. The third-order valence-electron chi connectivity index (χ3n) is 6.62. The largest absolute Gasteiger partial charge is 0.505 e. The predicted octanol–water partition coefficient (Wildman–Crippen LogP) is 4.72. The Morgan fingerprint density at radius 3 is 2.38 bits per heavy atom. The molecule has 1 fully saturated rings. The molecule has 3 aromatic rings. The summed E-state index contributed by atoms with van der Waals surface area (Å²) in [6, 6.07) is 15.5. The van der Waals surface area contributed by atoms with E-state index in [-0.39, 0.29) is 5.75 Å². The van der Waals surface area contributed by atoms with Crippen molar-refractivity contribution < 1.29 is 9.50 Å². The first-order chi connectivity index (χ1) is 15.5. The van der Waals surface area contributed by atoms with E-state index in [0.717, 1.165) is 78.2 Å². The summed E-state index contributed by atoms with van der Waals surface area (Å²) < 4.78 is 14.0. The molecule has 5 heteroatoms. The van der Waals surface area contributed by atoms with Crippen LogP contribution in [0.5, 0.6) is 5.75 Å². The molecule has 1 aliphatic carbocycles. The molecule has 1 saturated heterocycles. The first-order valence-electron chi connectivity index (χ1n) is 11.2. The molecule has 0 radical (unpaired) electrons. The van der Waals surface area contributed by atoms with Crippen molar-refractivity contribution >= 4 is 5.57 Å². The Labute approximate surface area is 188 Å². The fourth-order valence-electron chi connectivity index (χ4n) is 4.71. The van der Waals surface area contributed by atoms with Crippen LogP contribution in [-0.4, -0.2) is 53.1 Å². The summed E-state index contributed by atoms with van der Waals surface area (Å²) in [7, 11) is 2.18. The molecule has 1 aliphatic heterocycles. The van der Waals surface area contributed by atoms with E-state index in [1.54, 1.807) is 6.07 Å². The molecule has 0 saturated carbocycles. The topological polar surface area (TPSA) is 39.6 Å². The number of rotatable bonds is 4. The predicted molar refractivity (Wildman–Crippen MR) is 126 cm³/mol. The van der Waals surface area contributed by atoms with Crippen LogP contribution in [0.15, 0.2) is 60.3 Å². The number of aromatic nitrogens is 1. The number of nitrogens with zero attached hydrogens (tertiary/aromatic N) is 3. The number of fused-ring (bicyclic) bond motifs is 1. The Hall–Kier alpha value is -3.02. The Balaban J connectivity index is 1.39. The zero-order valence-corrected chi connectivity index (χ0v) is 18.6. The van der Waals surface area contributed by atoms with Crippen molar-refractivity contribution in [2.24, 2.45) is 0 Å². The lowest BCUT2D eigenvalue weighted by Crippen LogP contribution is -2.43. The van der Waals surface area contributed by atoms with Crippen LogP contribution in [-0.2, 0) is 13.0 Å². The first-order valence-corrected chi connectivity index (χ1v) is 11.2. The Kier molecular flexibility index (Phi) is 5.53. The molecule has 0 spiro atoms. The number of phenols is 1. The average molecular weight is 430 g/mol.